The number of rotatable bonds is 10. The van der Waals surface area contributed by atoms with Gasteiger partial charge < -0.3 is 51.4 Å². The van der Waals surface area contributed by atoms with Crippen LogP contribution >= 0.6 is 7.82 Å². The van der Waals surface area contributed by atoms with Gasteiger partial charge in [-0.2, -0.15) is 0 Å². The number of anilines is 1. The van der Waals surface area contributed by atoms with Crippen molar-refractivity contribution in [1.29, 1.82) is 0 Å². The van der Waals surface area contributed by atoms with Gasteiger partial charge in [-0.25, -0.2) is 29.1 Å². The van der Waals surface area contributed by atoms with Gasteiger partial charge in [-0.3, -0.25) is 9.09 Å². The summed E-state index contributed by atoms with van der Waals surface area (Å²) in [7, 11) is -4.72. The maximum Gasteiger partial charge on any atom is 0.469 e. The molecule has 214 valence electrons. The van der Waals surface area contributed by atoms with Crippen LogP contribution in [0.1, 0.15) is 32.9 Å². The minimum absolute atomic E-state index is 0.115. The minimum Gasteiger partial charge on any atom is -0.449 e. The zero-order valence-corrected chi connectivity index (χ0v) is 21.5. The van der Waals surface area contributed by atoms with Gasteiger partial charge in [0.1, 0.15) is 43.4 Å². The molecule has 4 atom stereocenters. The van der Waals surface area contributed by atoms with E-state index in [0.29, 0.717) is 5.52 Å². The second-order valence-electron chi connectivity index (χ2n) is 8.69. The average Bonchev–Trinajstić information content (AvgIpc) is 3.37. The van der Waals surface area contributed by atoms with E-state index in [-0.39, 0.29) is 24.7 Å². The molecule has 19 heteroatoms. The molecule has 38 heavy (non-hydrogen) atoms. The van der Waals surface area contributed by atoms with Crippen molar-refractivity contribution in [3.8, 4) is 0 Å². The fraction of sp³-hybridized carbons (Fsp3) is 0.632. The van der Waals surface area contributed by atoms with Crippen molar-refractivity contribution >= 4 is 37.0 Å². The molecule has 10 N–H and O–H groups in total. The van der Waals surface area contributed by atoms with Crippen LogP contribution in [0.25, 0.3) is 11.2 Å². The lowest BCUT2D eigenvalue weighted by molar-refractivity contribution is -0.0504. The number of carbonyl (C=O) groups is 2. The molecule has 0 bridgehead atoms. The van der Waals surface area contributed by atoms with E-state index in [0.717, 1.165) is 12.8 Å². The number of carbonyl (C=O) groups excluding carboxylic acids is 2. The molecule has 2 aromatic heterocycles. The lowest BCUT2D eigenvalue weighted by atomic mass is 9.87. The number of ether oxygens (including phenoxy) is 3. The molecule has 1 fully saturated rings. The fourth-order valence-electron chi connectivity index (χ4n) is 3.60. The Labute approximate surface area is 216 Å². The van der Waals surface area contributed by atoms with Gasteiger partial charge in [0.15, 0.2) is 17.7 Å². The van der Waals surface area contributed by atoms with E-state index < -0.39 is 56.6 Å². The predicted octanol–water partition coefficient (Wildman–Crippen LogP) is -0.880. The van der Waals surface area contributed by atoms with Gasteiger partial charge in [-0.15, -0.1) is 0 Å². The highest BCUT2D eigenvalue weighted by Crippen LogP contribution is 2.38. The largest absolute Gasteiger partial charge is 0.469 e. The number of hydrogen-bond acceptors (Lipinski definition) is 13. The molecule has 0 aliphatic carbocycles. The number of nitrogen functional groups attached to an aromatic ring is 1. The predicted molar refractivity (Wildman–Crippen MR) is 128 cm³/mol. The van der Waals surface area contributed by atoms with E-state index in [1.807, 2.05) is 13.8 Å². The van der Waals surface area contributed by atoms with E-state index in [1.165, 1.54) is 17.2 Å². The Hall–Kier alpha value is -3.12. The molecule has 0 aromatic carbocycles. The Balaban J connectivity index is 0.000000296. The molecule has 0 spiro atoms. The summed E-state index contributed by atoms with van der Waals surface area (Å²) in [6, 6.07) is 0. The molecule has 0 radical (unpaired) electrons. The number of amides is 2. The summed E-state index contributed by atoms with van der Waals surface area (Å²) in [5, 5.41) is 20.1. The van der Waals surface area contributed by atoms with Gasteiger partial charge in [0.05, 0.1) is 12.9 Å². The molecule has 0 saturated carbocycles. The molecule has 0 unspecified atom stereocenters. The first-order valence-electron chi connectivity index (χ1n) is 11.2. The van der Waals surface area contributed by atoms with E-state index in [1.54, 1.807) is 0 Å². The SMILES string of the molecule is CCCC(C)(COC(N)=O)COC(N)=O.Nc1ncnc2c1ncn2[C@@H]1O[C@H](COP(=O)(O)O)[C@@H](O)[C@H]1O. The van der Waals surface area contributed by atoms with Crippen molar-refractivity contribution < 1.29 is 52.9 Å². The number of nitrogens with zero attached hydrogens (tertiary/aromatic N) is 4. The highest BCUT2D eigenvalue weighted by Gasteiger charge is 2.45. The molecule has 1 aliphatic heterocycles. The van der Waals surface area contributed by atoms with Gasteiger partial charge in [0, 0.05) is 5.41 Å². The summed E-state index contributed by atoms with van der Waals surface area (Å²) in [6.07, 6.45) is -2.54. The highest BCUT2D eigenvalue weighted by atomic mass is 31.2. The number of hydrogen-bond donors (Lipinski definition) is 7. The Morgan fingerprint density at radius 2 is 1.74 bits per heavy atom. The summed E-state index contributed by atoms with van der Waals surface area (Å²) in [5.41, 5.74) is 15.5. The molecule has 2 amide bonds. The van der Waals surface area contributed by atoms with Crippen LogP contribution in [0.3, 0.4) is 0 Å². The number of fused-ring (bicyclic) bond motifs is 1. The maximum absolute atomic E-state index is 10.7. The second-order valence-corrected chi connectivity index (χ2v) is 9.93. The maximum atomic E-state index is 10.7. The number of aromatic nitrogens is 4. The summed E-state index contributed by atoms with van der Waals surface area (Å²) in [5.74, 6) is 0.142. The van der Waals surface area contributed by atoms with E-state index in [9.17, 15) is 24.4 Å². The molecule has 1 aliphatic rings. The summed E-state index contributed by atoms with van der Waals surface area (Å²) in [4.78, 5) is 50.1. The fourth-order valence-corrected chi connectivity index (χ4v) is 3.94. The zero-order chi connectivity index (χ0) is 28.7. The monoisotopic (exact) mass is 565 g/mol. The molecule has 1 saturated heterocycles. The van der Waals surface area contributed by atoms with Crippen LogP contribution in [-0.4, -0.2) is 89.8 Å². The van der Waals surface area contributed by atoms with Crippen LogP contribution < -0.4 is 17.2 Å². The van der Waals surface area contributed by atoms with Gasteiger partial charge in [-0.1, -0.05) is 20.3 Å². The molecule has 3 heterocycles. The average molecular weight is 565 g/mol. The summed E-state index contributed by atoms with van der Waals surface area (Å²) >= 11 is 0. The van der Waals surface area contributed by atoms with E-state index in [4.69, 9.17) is 41.2 Å². The Morgan fingerprint density at radius 3 is 2.26 bits per heavy atom. The van der Waals surface area contributed by atoms with Gasteiger partial charge in [-0.05, 0) is 6.42 Å². The number of phosphoric acid groups is 1. The van der Waals surface area contributed by atoms with Crippen molar-refractivity contribution in [2.24, 2.45) is 16.9 Å². The van der Waals surface area contributed by atoms with Crippen LogP contribution in [0, 0.1) is 5.41 Å². The van der Waals surface area contributed by atoms with Crippen molar-refractivity contribution in [3.05, 3.63) is 12.7 Å². The third kappa shape index (κ3) is 8.73. The number of phosphoric ester groups is 1. The van der Waals surface area contributed by atoms with Gasteiger partial charge in [0.25, 0.3) is 0 Å². The first-order chi connectivity index (χ1) is 17.7. The molecule has 2 aromatic rings. The molecule has 18 nitrogen and oxygen atoms in total. The van der Waals surface area contributed by atoms with Crippen molar-refractivity contribution in [1.82, 2.24) is 19.5 Å². The lowest BCUT2D eigenvalue weighted by Crippen LogP contribution is -2.33. The van der Waals surface area contributed by atoms with Crippen LogP contribution in [0.5, 0.6) is 0 Å². The number of aliphatic hydroxyl groups excluding tert-OH is 2. The smallest absolute Gasteiger partial charge is 0.449 e. The Kier molecular flexibility index (Phi) is 10.7. The number of primary amides is 2. The van der Waals surface area contributed by atoms with Crippen LogP contribution in [0.2, 0.25) is 0 Å². The molecular formula is C19H32N7O11P. The number of aliphatic hydroxyl groups is 2. The zero-order valence-electron chi connectivity index (χ0n) is 20.6. The van der Waals surface area contributed by atoms with Crippen molar-refractivity contribution in [2.45, 2.75) is 51.2 Å². The normalized spacial score (nSPS) is 21.5. The van der Waals surface area contributed by atoms with Crippen molar-refractivity contribution in [3.63, 3.8) is 0 Å². The Bertz CT molecular complexity index is 1130. The minimum atomic E-state index is -4.72. The second kappa shape index (κ2) is 13.1. The standard InChI is InChI=1S/C10H14N5O7P.C9H18N2O4/c11-8-5-9(13-2-12-8)15(3-14-5)10-7(17)6(16)4(22-10)1-21-23(18,19)20;1-3-4-9(2,5-14-7(10)12)6-15-8(11)13/h2-4,6-7,10,16-17H,1H2,(H2,11,12,13)(H2,18,19,20);3-6H2,1-2H3,(H2,10,12)(H2,11,13)/t4-,6-,7-,10-;/m1./s1. The summed E-state index contributed by atoms with van der Waals surface area (Å²) in [6.45, 7) is 3.45. The van der Waals surface area contributed by atoms with Crippen molar-refractivity contribution in [2.75, 3.05) is 25.6 Å². The van der Waals surface area contributed by atoms with E-state index in [2.05, 4.69) is 19.5 Å². The van der Waals surface area contributed by atoms with Crippen LogP contribution in [0.15, 0.2) is 12.7 Å². The number of imidazole rings is 1. The lowest BCUT2D eigenvalue weighted by Gasteiger charge is -2.27. The summed E-state index contributed by atoms with van der Waals surface area (Å²) < 4.78 is 31.2. The quantitative estimate of drug-likeness (QED) is 0.172. The first-order valence-corrected chi connectivity index (χ1v) is 12.7. The topological polar surface area (TPSA) is 291 Å². The van der Waals surface area contributed by atoms with Crippen LogP contribution in [0.4, 0.5) is 15.4 Å². The number of nitrogens with two attached hydrogens (primary N) is 3. The van der Waals surface area contributed by atoms with Gasteiger partial charge in [0.2, 0.25) is 0 Å². The molecular weight excluding hydrogens is 533 g/mol. The Morgan fingerprint density at radius 1 is 1.13 bits per heavy atom. The molecule has 3 rings (SSSR count). The highest BCUT2D eigenvalue weighted by molar-refractivity contribution is 7.46. The van der Waals surface area contributed by atoms with E-state index >= 15 is 0 Å². The van der Waals surface area contributed by atoms with Crippen LogP contribution in [-0.2, 0) is 23.3 Å². The third-order valence-electron chi connectivity index (χ3n) is 5.38. The third-order valence-corrected chi connectivity index (χ3v) is 5.87. The first kappa shape index (κ1) is 31.1. The van der Waals surface area contributed by atoms with Gasteiger partial charge >= 0.3 is 20.0 Å².